The second-order valence-corrected chi connectivity index (χ2v) is 7.15. The van der Waals surface area contributed by atoms with Crippen molar-refractivity contribution in [2.75, 3.05) is 12.4 Å². The van der Waals surface area contributed by atoms with Gasteiger partial charge in [-0.1, -0.05) is 30.3 Å². The molecule has 0 bridgehead atoms. The molecule has 4 rings (SSSR count). The zero-order valence-electron chi connectivity index (χ0n) is 17.4. The number of hydrogen-bond donors (Lipinski definition) is 2. The highest BCUT2D eigenvalue weighted by molar-refractivity contribution is 6.06. The van der Waals surface area contributed by atoms with Gasteiger partial charge in [0.15, 0.2) is 5.78 Å². The third kappa shape index (κ3) is 4.54. The minimum atomic E-state index is -0.537. The van der Waals surface area contributed by atoms with Crippen LogP contribution in [-0.2, 0) is 13.0 Å². The van der Waals surface area contributed by atoms with Crippen LogP contribution in [0.4, 0.5) is 5.82 Å². The number of primary amides is 1. The SMILES string of the molecule is COc1ccc(C(=O)Cc2cccc(CNc3ncnc4c(C(N)=O)cccc34)c2)cn1. The van der Waals surface area contributed by atoms with Crippen molar-refractivity contribution >= 4 is 28.4 Å². The van der Waals surface area contributed by atoms with Gasteiger partial charge in [-0.3, -0.25) is 9.59 Å². The molecule has 0 atom stereocenters. The molecule has 2 aromatic heterocycles. The molecular weight excluding hydrogens is 406 g/mol. The van der Waals surface area contributed by atoms with Gasteiger partial charge in [-0.05, 0) is 29.3 Å². The van der Waals surface area contributed by atoms with E-state index in [9.17, 15) is 9.59 Å². The number of aromatic nitrogens is 3. The van der Waals surface area contributed by atoms with Gasteiger partial charge in [0.05, 0.1) is 18.2 Å². The zero-order valence-corrected chi connectivity index (χ0v) is 17.4. The van der Waals surface area contributed by atoms with Gasteiger partial charge in [-0.25, -0.2) is 15.0 Å². The highest BCUT2D eigenvalue weighted by atomic mass is 16.5. The average molecular weight is 427 g/mol. The summed E-state index contributed by atoms with van der Waals surface area (Å²) in [4.78, 5) is 36.8. The molecule has 8 heteroatoms. The number of benzene rings is 2. The number of nitrogens with two attached hydrogens (primary N) is 1. The lowest BCUT2D eigenvalue weighted by molar-refractivity contribution is 0.0987. The topological polar surface area (TPSA) is 120 Å². The number of nitrogens with zero attached hydrogens (tertiary/aromatic N) is 3. The van der Waals surface area contributed by atoms with Crippen LogP contribution in [0.2, 0.25) is 0 Å². The van der Waals surface area contributed by atoms with Gasteiger partial charge in [0.2, 0.25) is 5.88 Å². The van der Waals surface area contributed by atoms with Gasteiger partial charge in [0.25, 0.3) is 5.91 Å². The highest BCUT2D eigenvalue weighted by Crippen LogP contribution is 2.23. The van der Waals surface area contributed by atoms with E-state index in [1.807, 2.05) is 30.3 Å². The van der Waals surface area contributed by atoms with E-state index in [-0.39, 0.29) is 12.2 Å². The van der Waals surface area contributed by atoms with Crippen LogP contribution in [0.3, 0.4) is 0 Å². The van der Waals surface area contributed by atoms with Crippen LogP contribution < -0.4 is 15.8 Å². The smallest absolute Gasteiger partial charge is 0.250 e. The van der Waals surface area contributed by atoms with E-state index in [4.69, 9.17) is 10.5 Å². The average Bonchev–Trinajstić information content (AvgIpc) is 2.82. The molecule has 0 aliphatic heterocycles. The summed E-state index contributed by atoms with van der Waals surface area (Å²) in [5.74, 6) is 0.509. The predicted octanol–water partition coefficient (Wildman–Crippen LogP) is 3.17. The molecule has 0 saturated carbocycles. The van der Waals surface area contributed by atoms with Crippen molar-refractivity contribution in [1.82, 2.24) is 15.0 Å². The number of pyridine rings is 1. The summed E-state index contributed by atoms with van der Waals surface area (Å²) in [6.45, 7) is 0.485. The lowest BCUT2D eigenvalue weighted by Crippen LogP contribution is -2.12. The summed E-state index contributed by atoms with van der Waals surface area (Å²) in [6.07, 6.45) is 3.18. The van der Waals surface area contributed by atoms with Gasteiger partial charge < -0.3 is 15.8 Å². The Balaban J connectivity index is 1.48. The maximum absolute atomic E-state index is 12.6. The van der Waals surface area contributed by atoms with Gasteiger partial charge >= 0.3 is 0 Å². The number of amides is 1. The Hall–Kier alpha value is -4.33. The van der Waals surface area contributed by atoms with Gasteiger partial charge in [-0.2, -0.15) is 0 Å². The van der Waals surface area contributed by atoms with Crippen molar-refractivity contribution < 1.29 is 14.3 Å². The molecule has 0 radical (unpaired) electrons. The number of Topliss-reactive ketones (excluding diaryl/α,β-unsaturated/α-hetero) is 1. The number of methoxy groups -OCH3 is 1. The fourth-order valence-corrected chi connectivity index (χ4v) is 3.42. The van der Waals surface area contributed by atoms with Crippen LogP contribution >= 0.6 is 0 Å². The monoisotopic (exact) mass is 427 g/mol. The summed E-state index contributed by atoms with van der Waals surface area (Å²) in [6, 6.07) is 16.4. The van der Waals surface area contributed by atoms with Crippen molar-refractivity contribution in [2.45, 2.75) is 13.0 Å². The Labute approximate surface area is 184 Å². The molecule has 160 valence electrons. The Morgan fingerprint density at radius 1 is 1.00 bits per heavy atom. The first-order valence-corrected chi connectivity index (χ1v) is 9.93. The molecule has 0 unspecified atom stereocenters. The molecule has 0 spiro atoms. The first kappa shape index (κ1) is 20.9. The van der Waals surface area contributed by atoms with Gasteiger partial charge in [-0.15, -0.1) is 0 Å². The number of carbonyl (C=O) groups is 2. The van der Waals surface area contributed by atoms with Crippen LogP contribution in [0, 0.1) is 0 Å². The van der Waals surface area contributed by atoms with Crippen LogP contribution in [0.15, 0.2) is 67.1 Å². The Morgan fingerprint density at radius 3 is 2.56 bits per heavy atom. The molecule has 8 nitrogen and oxygen atoms in total. The number of anilines is 1. The molecule has 0 saturated heterocycles. The van der Waals surface area contributed by atoms with E-state index in [0.717, 1.165) is 11.1 Å². The van der Waals surface area contributed by atoms with Crippen molar-refractivity contribution in [3.8, 4) is 5.88 Å². The van der Waals surface area contributed by atoms with Crippen molar-refractivity contribution in [3.05, 3.63) is 89.4 Å². The fourth-order valence-electron chi connectivity index (χ4n) is 3.42. The number of ether oxygens (including phenoxy) is 1. The Kier molecular flexibility index (Phi) is 6.03. The van der Waals surface area contributed by atoms with E-state index in [1.54, 1.807) is 24.3 Å². The molecule has 1 amide bonds. The summed E-state index contributed by atoms with van der Waals surface area (Å²) in [5.41, 5.74) is 8.72. The van der Waals surface area contributed by atoms with E-state index < -0.39 is 5.91 Å². The molecule has 2 aromatic carbocycles. The van der Waals surface area contributed by atoms with E-state index in [1.165, 1.54) is 19.6 Å². The quantitative estimate of drug-likeness (QED) is 0.414. The molecule has 32 heavy (non-hydrogen) atoms. The maximum Gasteiger partial charge on any atom is 0.250 e. The fraction of sp³-hybridized carbons (Fsp3) is 0.125. The van der Waals surface area contributed by atoms with Gasteiger partial charge in [0, 0.05) is 36.2 Å². The Bertz CT molecular complexity index is 1290. The second-order valence-electron chi connectivity index (χ2n) is 7.15. The maximum atomic E-state index is 12.6. The third-order valence-electron chi connectivity index (χ3n) is 5.01. The number of ketones is 1. The van der Waals surface area contributed by atoms with E-state index in [2.05, 4.69) is 20.3 Å². The summed E-state index contributed by atoms with van der Waals surface area (Å²) in [7, 11) is 1.53. The lowest BCUT2D eigenvalue weighted by atomic mass is 10.0. The molecule has 3 N–H and O–H groups in total. The third-order valence-corrected chi connectivity index (χ3v) is 5.01. The molecule has 0 aliphatic carbocycles. The molecule has 0 aliphatic rings. The summed E-state index contributed by atoms with van der Waals surface area (Å²) < 4.78 is 5.03. The number of para-hydroxylation sites is 1. The molecule has 4 aromatic rings. The number of nitrogens with one attached hydrogen (secondary N) is 1. The normalized spacial score (nSPS) is 10.7. The van der Waals surface area contributed by atoms with E-state index in [0.29, 0.717) is 40.3 Å². The number of rotatable bonds is 8. The van der Waals surface area contributed by atoms with Crippen LogP contribution in [-0.4, -0.2) is 33.8 Å². The van der Waals surface area contributed by atoms with Crippen LogP contribution in [0.25, 0.3) is 10.9 Å². The zero-order chi connectivity index (χ0) is 22.5. The minimum Gasteiger partial charge on any atom is -0.481 e. The largest absolute Gasteiger partial charge is 0.481 e. The Morgan fingerprint density at radius 2 is 1.81 bits per heavy atom. The molecule has 2 heterocycles. The number of hydrogen-bond acceptors (Lipinski definition) is 7. The van der Waals surface area contributed by atoms with E-state index >= 15 is 0 Å². The first-order valence-electron chi connectivity index (χ1n) is 9.93. The lowest BCUT2D eigenvalue weighted by Gasteiger charge is -2.10. The summed E-state index contributed by atoms with van der Waals surface area (Å²) >= 11 is 0. The molecule has 0 fully saturated rings. The van der Waals surface area contributed by atoms with Crippen LogP contribution in [0.1, 0.15) is 31.8 Å². The van der Waals surface area contributed by atoms with Crippen LogP contribution in [0.5, 0.6) is 5.88 Å². The van der Waals surface area contributed by atoms with Crippen molar-refractivity contribution in [2.24, 2.45) is 5.73 Å². The second kappa shape index (κ2) is 9.22. The van der Waals surface area contributed by atoms with Gasteiger partial charge in [0.1, 0.15) is 12.1 Å². The molecular formula is C24H21N5O3. The first-order chi connectivity index (χ1) is 15.5. The number of carbonyl (C=O) groups excluding carboxylic acids is 2. The minimum absolute atomic E-state index is 0.0222. The van der Waals surface area contributed by atoms with Crippen molar-refractivity contribution in [3.63, 3.8) is 0 Å². The van der Waals surface area contributed by atoms with Crippen molar-refractivity contribution in [1.29, 1.82) is 0 Å². The highest BCUT2D eigenvalue weighted by Gasteiger charge is 2.12. The summed E-state index contributed by atoms with van der Waals surface area (Å²) in [5, 5.41) is 3.99. The standard InChI is InChI=1S/C24H21N5O3/c1-32-21-9-8-17(13-26-21)20(30)11-15-4-2-5-16(10-15)12-27-24-19-7-3-6-18(23(25)31)22(19)28-14-29-24/h2-10,13-14H,11-12H2,1H3,(H2,25,31)(H,27,28,29). The number of fused-ring (bicyclic) bond motifs is 1. The predicted molar refractivity (Wildman–Crippen MR) is 121 cm³/mol.